The number of nitrogens with two attached hydrogens (primary N) is 1. The molecule has 0 saturated heterocycles. The highest BCUT2D eigenvalue weighted by atomic mass is 19.4. The van der Waals surface area contributed by atoms with Gasteiger partial charge in [-0.15, -0.1) is 13.2 Å². The van der Waals surface area contributed by atoms with E-state index in [-0.39, 0.29) is 34.5 Å². The van der Waals surface area contributed by atoms with Crippen LogP contribution in [0.5, 0.6) is 11.5 Å². The Morgan fingerprint density at radius 3 is 2.45 bits per heavy atom. The number of rotatable bonds is 5. The predicted octanol–water partition coefficient (Wildman–Crippen LogP) is 3.66. The monoisotopic (exact) mass is 429 g/mol. The molecule has 5 N–H and O–H groups in total. The first-order valence-corrected chi connectivity index (χ1v) is 9.32. The quantitative estimate of drug-likeness (QED) is 0.460. The second-order valence-electron chi connectivity index (χ2n) is 7.14. The average molecular weight is 429 g/mol. The van der Waals surface area contributed by atoms with Gasteiger partial charge in [-0.25, -0.2) is 9.97 Å². The van der Waals surface area contributed by atoms with Gasteiger partial charge in [0, 0.05) is 17.7 Å². The number of nitrogens with one attached hydrogen (secondary N) is 2. The largest absolute Gasteiger partial charge is 0.573 e. The lowest BCUT2D eigenvalue weighted by Crippen LogP contribution is -2.23. The van der Waals surface area contributed by atoms with Crippen molar-refractivity contribution in [1.29, 1.82) is 5.41 Å². The predicted molar refractivity (Wildman–Crippen MR) is 108 cm³/mol. The third kappa shape index (κ3) is 4.52. The summed E-state index contributed by atoms with van der Waals surface area (Å²) >= 11 is 0. The maximum atomic E-state index is 12.6. The van der Waals surface area contributed by atoms with Crippen LogP contribution in [0, 0.1) is 5.41 Å². The van der Waals surface area contributed by atoms with Gasteiger partial charge in [-0.1, -0.05) is 24.3 Å². The fourth-order valence-corrected chi connectivity index (χ4v) is 3.67. The lowest BCUT2D eigenvalue weighted by atomic mass is 10.0. The molecule has 4 rings (SSSR count). The summed E-state index contributed by atoms with van der Waals surface area (Å²) in [6, 6.07) is 11.0. The molecule has 160 valence electrons. The average Bonchev–Trinajstić information content (AvgIpc) is 3.08. The molecule has 0 bridgehead atoms. The summed E-state index contributed by atoms with van der Waals surface area (Å²) in [7, 11) is 0. The molecule has 0 amide bonds. The molecule has 0 radical (unpaired) electrons. The highest BCUT2D eigenvalue weighted by molar-refractivity contribution is 6.16. The van der Waals surface area contributed by atoms with Crippen molar-refractivity contribution in [3.05, 3.63) is 71.0 Å². The van der Waals surface area contributed by atoms with E-state index in [1.165, 1.54) is 17.5 Å². The van der Waals surface area contributed by atoms with E-state index in [0.29, 0.717) is 0 Å². The summed E-state index contributed by atoms with van der Waals surface area (Å²) in [6.45, 7) is 0. The van der Waals surface area contributed by atoms with Crippen LogP contribution in [0.1, 0.15) is 22.3 Å². The molecule has 1 aliphatic rings. The van der Waals surface area contributed by atoms with Crippen LogP contribution in [0.4, 0.5) is 24.8 Å². The van der Waals surface area contributed by atoms with E-state index < -0.39 is 17.9 Å². The van der Waals surface area contributed by atoms with Gasteiger partial charge in [-0.3, -0.25) is 5.41 Å². The van der Waals surface area contributed by atoms with E-state index >= 15 is 0 Å². The zero-order valence-electron chi connectivity index (χ0n) is 16.1. The van der Waals surface area contributed by atoms with Crippen LogP contribution in [0.15, 0.2) is 48.8 Å². The number of anilines is 2. The third-order valence-electron chi connectivity index (χ3n) is 4.93. The first-order chi connectivity index (χ1) is 14.7. The van der Waals surface area contributed by atoms with E-state index in [9.17, 15) is 18.3 Å². The fourth-order valence-electron chi connectivity index (χ4n) is 3.67. The summed E-state index contributed by atoms with van der Waals surface area (Å²) in [5, 5.41) is 21.6. The van der Waals surface area contributed by atoms with Crippen molar-refractivity contribution in [3.8, 4) is 11.5 Å². The van der Waals surface area contributed by atoms with Crippen LogP contribution < -0.4 is 15.8 Å². The lowest BCUT2D eigenvalue weighted by molar-refractivity contribution is -0.274. The Hall–Kier alpha value is -3.82. The Kier molecular flexibility index (Phi) is 5.14. The molecule has 7 nitrogen and oxygen atoms in total. The second-order valence-corrected chi connectivity index (χ2v) is 7.14. The van der Waals surface area contributed by atoms with E-state index in [2.05, 4.69) is 20.0 Å². The highest BCUT2D eigenvalue weighted by Crippen LogP contribution is 2.31. The van der Waals surface area contributed by atoms with Gasteiger partial charge in [0.05, 0.1) is 11.3 Å². The van der Waals surface area contributed by atoms with Crippen LogP contribution in [-0.2, 0) is 12.8 Å². The first kappa shape index (κ1) is 20.5. The Morgan fingerprint density at radius 2 is 1.81 bits per heavy atom. The number of phenols is 1. The third-order valence-corrected chi connectivity index (χ3v) is 4.93. The standard InChI is InChI=1S/C21H18F3N5O2/c22-21(23,24)31-16-8-13(7-15(30)9-16)18(25)17-19(26)27-10-28-20(17)29-14-5-11-3-1-2-4-12(11)6-14/h1-4,7-10,14,25,30H,5-6H2,(H3,26,27,28,29). The number of nitrogens with zero attached hydrogens (tertiary/aromatic N) is 2. The van der Waals surface area contributed by atoms with Crippen LogP contribution in [0.25, 0.3) is 0 Å². The lowest BCUT2D eigenvalue weighted by Gasteiger charge is -2.18. The number of phenolic OH excluding ortho intramolecular Hbond substituents is 1. The normalized spacial score (nSPS) is 13.6. The maximum Gasteiger partial charge on any atom is 0.573 e. The minimum atomic E-state index is -4.94. The molecule has 10 heteroatoms. The molecule has 1 aromatic heterocycles. The molecule has 2 aromatic carbocycles. The highest BCUT2D eigenvalue weighted by Gasteiger charge is 2.32. The Morgan fingerprint density at radius 1 is 1.13 bits per heavy atom. The van der Waals surface area contributed by atoms with Crippen molar-refractivity contribution in [3.63, 3.8) is 0 Å². The van der Waals surface area contributed by atoms with Crippen molar-refractivity contribution in [2.75, 3.05) is 11.1 Å². The number of halogens is 3. The number of aromatic hydroxyl groups is 1. The molecule has 1 heterocycles. The van der Waals surface area contributed by atoms with E-state index in [1.54, 1.807) is 0 Å². The zero-order valence-corrected chi connectivity index (χ0v) is 16.1. The van der Waals surface area contributed by atoms with Gasteiger partial charge < -0.3 is 20.9 Å². The fraction of sp³-hybridized carbons (Fsp3) is 0.190. The van der Waals surface area contributed by atoms with E-state index in [4.69, 9.17) is 11.1 Å². The number of hydrogen-bond acceptors (Lipinski definition) is 7. The molecular formula is C21H18F3N5O2. The van der Waals surface area contributed by atoms with Crippen LogP contribution in [0.2, 0.25) is 0 Å². The van der Waals surface area contributed by atoms with Crippen LogP contribution in [-0.4, -0.2) is 33.2 Å². The Bertz CT molecular complexity index is 1130. The van der Waals surface area contributed by atoms with Gasteiger partial charge in [0.15, 0.2) is 0 Å². The molecule has 0 fully saturated rings. The molecule has 0 atom stereocenters. The topological polar surface area (TPSA) is 117 Å². The van der Waals surface area contributed by atoms with Gasteiger partial charge in [-0.05, 0) is 36.1 Å². The summed E-state index contributed by atoms with van der Waals surface area (Å²) in [6.07, 6.45) is -2.19. The number of ether oxygens (including phenoxy) is 1. The van der Waals surface area contributed by atoms with E-state index in [0.717, 1.165) is 31.0 Å². The van der Waals surface area contributed by atoms with Crippen LogP contribution in [0.3, 0.4) is 0 Å². The first-order valence-electron chi connectivity index (χ1n) is 9.32. The molecule has 0 aliphatic heterocycles. The number of nitrogen functional groups attached to an aromatic ring is 1. The van der Waals surface area contributed by atoms with Gasteiger partial charge in [0.1, 0.15) is 29.5 Å². The summed E-state index contributed by atoms with van der Waals surface area (Å²) < 4.78 is 41.6. The molecular weight excluding hydrogens is 411 g/mol. The van der Waals surface area contributed by atoms with Crippen molar-refractivity contribution >= 4 is 17.3 Å². The molecule has 0 spiro atoms. The number of fused-ring (bicyclic) bond motifs is 1. The number of aromatic nitrogens is 2. The van der Waals surface area contributed by atoms with E-state index in [1.807, 2.05) is 24.3 Å². The van der Waals surface area contributed by atoms with Crippen molar-refractivity contribution in [2.45, 2.75) is 25.2 Å². The second kappa shape index (κ2) is 7.78. The van der Waals surface area contributed by atoms with Crippen LogP contribution >= 0.6 is 0 Å². The van der Waals surface area contributed by atoms with Gasteiger partial charge in [0.25, 0.3) is 0 Å². The van der Waals surface area contributed by atoms with Crippen molar-refractivity contribution < 1.29 is 23.0 Å². The zero-order chi connectivity index (χ0) is 22.2. The molecule has 3 aromatic rings. The molecule has 0 unspecified atom stereocenters. The maximum absolute atomic E-state index is 12.6. The smallest absolute Gasteiger partial charge is 0.508 e. The Labute approximate surface area is 175 Å². The Balaban J connectivity index is 1.64. The molecule has 1 aliphatic carbocycles. The number of alkyl halides is 3. The van der Waals surface area contributed by atoms with Crippen molar-refractivity contribution in [1.82, 2.24) is 9.97 Å². The number of benzene rings is 2. The summed E-state index contributed by atoms with van der Waals surface area (Å²) in [5.41, 5.74) is 8.25. The summed E-state index contributed by atoms with van der Waals surface area (Å²) in [5.74, 6) is -0.863. The molecule has 31 heavy (non-hydrogen) atoms. The van der Waals surface area contributed by atoms with Gasteiger partial charge >= 0.3 is 6.36 Å². The van der Waals surface area contributed by atoms with Crippen molar-refractivity contribution in [2.24, 2.45) is 0 Å². The minimum absolute atomic E-state index is 0.00606. The van der Waals surface area contributed by atoms with Gasteiger partial charge in [-0.2, -0.15) is 0 Å². The van der Waals surface area contributed by atoms with Gasteiger partial charge in [0.2, 0.25) is 0 Å². The summed E-state index contributed by atoms with van der Waals surface area (Å²) in [4.78, 5) is 8.12. The number of hydrogen-bond donors (Lipinski definition) is 4. The minimum Gasteiger partial charge on any atom is -0.508 e. The SMILES string of the molecule is N=C(c1cc(O)cc(OC(F)(F)F)c1)c1c(N)ncnc1NC1Cc2ccccc2C1. The molecule has 0 saturated carbocycles.